The van der Waals surface area contributed by atoms with Gasteiger partial charge in [-0.2, -0.15) is 15.1 Å². The number of carbonyl (C=O) groups excluding carboxylic acids is 1. The third-order valence-corrected chi connectivity index (χ3v) is 1.12. The quantitative estimate of drug-likeness (QED) is 0.486. The number of azo groups is 1. The average Bonchev–Trinajstić information content (AvgIpc) is 2.33. The second-order valence-electron chi connectivity index (χ2n) is 1.78. The van der Waals surface area contributed by atoms with Crippen LogP contribution in [-0.2, 0) is 0 Å². The Balaban J connectivity index is 2.51. The van der Waals surface area contributed by atoms with E-state index in [-0.39, 0.29) is 0 Å². The number of nitrogens with zero attached hydrogens (tertiary/aromatic N) is 4. The molecule has 0 saturated carbocycles. The van der Waals surface area contributed by atoms with E-state index < -0.39 is 6.03 Å². The Labute approximate surface area is 55.9 Å². The maximum absolute atomic E-state index is 10.5. The molecule has 2 amide bonds. The average molecular weight is 134 g/mol. The first-order valence-corrected chi connectivity index (χ1v) is 2.64. The molecule has 0 aromatic carbocycles. The summed E-state index contributed by atoms with van der Waals surface area (Å²) in [5.41, 5.74) is 0.694. The molecule has 2 heterocycles. The Morgan fingerprint density at radius 3 is 3.20 bits per heavy atom. The van der Waals surface area contributed by atoms with Gasteiger partial charge in [0.15, 0.2) is 5.84 Å². The lowest BCUT2D eigenvalue weighted by atomic mass is 10.3. The summed E-state index contributed by atoms with van der Waals surface area (Å²) >= 11 is 0. The van der Waals surface area contributed by atoms with Crippen molar-refractivity contribution in [3.63, 3.8) is 0 Å². The van der Waals surface area contributed by atoms with E-state index in [1.54, 1.807) is 0 Å². The molecule has 0 fully saturated rings. The second kappa shape index (κ2) is 1.66. The third kappa shape index (κ3) is 0.604. The number of fused-ring (bicyclic) bond motifs is 1. The first kappa shape index (κ1) is 5.16. The topological polar surface area (TPSA) is 66.5 Å². The molecule has 2 rings (SSSR count). The molecule has 0 bridgehead atoms. The van der Waals surface area contributed by atoms with E-state index in [0.717, 1.165) is 0 Å². The summed E-state index contributed by atoms with van der Waals surface area (Å²) < 4.78 is 0. The van der Waals surface area contributed by atoms with E-state index in [1.165, 1.54) is 12.4 Å². The monoisotopic (exact) mass is 134 g/mol. The number of urea groups is 1. The van der Waals surface area contributed by atoms with Crippen LogP contribution in [0.25, 0.3) is 0 Å². The van der Waals surface area contributed by atoms with Gasteiger partial charge < -0.3 is 0 Å². The molecule has 0 N–H and O–H groups in total. The van der Waals surface area contributed by atoms with Crippen LogP contribution in [0.3, 0.4) is 0 Å². The van der Waals surface area contributed by atoms with Gasteiger partial charge in [0.05, 0.1) is 11.8 Å². The van der Waals surface area contributed by atoms with Gasteiger partial charge in [0.2, 0.25) is 0 Å². The predicted octanol–water partition coefficient (Wildman–Crippen LogP) is 0.939. The van der Waals surface area contributed by atoms with Gasteiger partial charge in [0.1, 0.15) is 0 Å². The highest BCUT2D eigenvalue weighted by Gasteiger charge is 2.15. The molecule has 5 nitrogen and oxygen atoms in total. The van der Waals surface area contributed by atoms with Crippen LogP contribution in [0, 0.1) is 0 Å². The highest BCUT2D eigenvalue weighted by atomic mass is 16.2. The molecule has 0 aliphatic carbocycles. The molecule has 0 spiro atoms. The van der Waals surface area contributed by atoms with E-state index in [0.29, 0.717) is 11.4 Å². The summed E-state index contributed by atoms with van der Waals surface area (Å²) in [6.45, 7) is 0. The third-order valence-electron chi connectivity index (χ3n) is 1.12. The minimum absolute atomic E-state index is 0.361. The molecule has 5 heteroatoms. The van der Waals surface area contributed by atoms with Crippen molar-refractivity contribution < 1.29 is 4.79 Å². The minimum Gasteiger partial charge on any atom is -0.244 e. The number of rotatable bonds is 0. The summed E-state index contributed by atoms with van der Waals surface area (Å²) in [4.78, 5) is 17.4. The summed E-state index contributed by atoms with van der Waals surface area (Å²) in [6.07, 6.45) is 2.92. The molecular weight excluding hydrogens is 132 g/mol. The van der Waals surface area contributed by atoms with E-state index in [4.69, 9.17) is 0 Å². The summed E-state index contributed by atoms with van der Waals surface area (Å²) in [5, 5.41) is 7.13. The van der Waals surface area contributed by atoms with Crippen LogP contribution in [0.4, 0.5) is 4.79 Å². The summed E-state index contributed by atoms with van der Waals surface area (Å²) in [6, 6.07) is -0.520. The molecular formula is C5H2N4O. The van der Waals surface area contributed by atoms with Gasteiger partial charge in [0.25, 0.3) is 0 Å². The molecule has 2 aliphatic rings. The van der Waals surface area contributed by atoms with Crippen molar-refractivity contribution >= 4 is 18.1 Å². The van der Waals surface area contributed by atoms with Crippen LogP contribution in [0.1, 0.15) is 0 Å². The number of amides is 2. The zero-order valence-corrected chi connectivity index (χ0v) is 4.85. The Morgan fingerprint density at radius 2 is 2.30 bits per heavy atom. The van der Waals surface area contributed by atoms with E-state index in [2.05, 4.69) is 20.2 Å². The fraction of sp³-hybridized carbons (Fsp3) is 0. The van der Waals surface area contributed by atoms with Gasteiger partial charge in [-0.05, 0) is 0 Å². The van der Waals surface area contributed by atoms with Crippen LogP contribution in [0.5, 0.6) is 0 Å². The molecule has 48 valence electrons. The molecule has 0 aromatic rings. The van der Waals surface area contributed by atoms with Crippen LogP contribution in [0.15, 0.2) is 32.0 Å². The van der Waals surface area contributed by atoms with Gasteiger partial charge in [-0.3, -0.25) is 0 Å². The molecule has 0 radical (unpaired) electrons. The van der Waals surface area contributed by atoms with Gasteiger partial charge in [-0.25, -0.2) is 4.79 Å². The largest absolute Gasteiger partial charge is 0.369 e. The number of aliphatic imine (C=N–C) groups is 2. The van der Waals surface area contributed by atoms with E-state index in [9.17, 15) is 4.79 Å². The Kier molecular flexibility index (Phi) is 0.858. The lowest BCUT2D eigenvalue weighted by molar-refractivity contribution is 0.257. The van der Waals surface area contributed by atoms with Crippen molar-refractivity contribution in [2.75, 3.05) is 0 Å². The SMILES string of the molecule is O=C1N=CC2=CN=NC2=N1. The minimum atomic E-state index is -0.520. The van der Waals surface area contributed by atoms with Gasteiger partial charge in [-0.15, -0.1) is 5.11 Å². The maximum atomic E-state index is 10.5. The number of amidine groups is 1. The molecule has 0 unspecified atom stereocenters. The fourth-order valence-electron chi connectivity index (χ4n) is 0.683. The molecule has 2 aliphatic heterocycles. The lowest BCUT2D eigenvalue weighted by Gasteiger charge is -1.95. The highest BCUT2D eigenvalue weighted by Crippen LogP contribution is 2.10. The van der Waals surface area contributed by atoms with Crippen molar-refractivity contribution in [2.24, 2.45) is 20.2 Å². The lowest BCUT2D eigenvalue weighted by Crippen LogP contribution is -2.06. The van der Waals surface area contributed by atoms with Crippen molar-refractivity contribution in [2.45, 2.75) is 0 Å². The smallest absolute Gasteiger partial charge is 0.244 e. The zero-order valence-electron chi connectivity index (χ0n) is 4.85. The van der Waals surface area contributed by atoms with Gasteiger partial charge in [0, 0.05) is 6.21 Å². The normalized spacial score (nSPS) is 20.6. The van der Waals surface area contributed by atoms with E-state index >= 15 is 0 Å². The van der Waals surface area contributed by atoms with Crippen molar-refractivity contribution in [1.29, 1.82) is 0 Å². The van der Waals surface area contributed by atoms with Crippen LogP contribution in [0.2, 0.25) is 0 Å². The van der Waals surface area contributed by atoms with Gasteiger partial charge in [-0.1, -0.05) is 0 Å². The first-order valence-electron chi connectivity index (χ1n) is 2.64. The zero-order chi connectivity index (χ0) is 6.97. The van der Waals surface area contributed by atoms with Crippen LogP contribution < -0.4 is 0 Å². The van der Waals surface area contributed by atoms with Gasteiger partial charge >= 0.3 is 6.03 Å². The Hall–Kier alpha value is -1.65. The van der Waals surface area contributed by atoms with Crippen molar-refractivity contribution in [3.05, 3.63) is 11.8 Å². The molecule has 0 saturated heterocycles. The van der Waals surface area contributed by atoms with Crippen LogP contribution >= 0.6 is 0 Å². The highest BCUT2D eigenvalue weighted by molar-refractivity contribution is 6.23. The number of carbonyl (C=O) groups is 1. The predicted molar refractivity (Wildman–Crippen MR) is 34.3 cm³/mol. The number of hydrogen-bond donors (Lipinski definition) is 0. The van der Waals surface area contributed by atoms with Crippen LogP contribution in [-0.4, -0.2) is 18.1 Å². The van der Waals surface area contributed by atoms with Crippen molar-refractivity contribution in [1.82, 2.24) is 0 Å². The standard InChI is InChI=1S/C5H2N4O/c10-5-6-1-3-2-7-9-4(3)8-5/h1-2H. The van der Waals surface area contributed by atoms with Crippen molar-refractivity contribution in [3.8, 4) is 0 Å². The molecule has 0 aromatic heterocycles. The molecule has 0 atom stereocenters. The fourth-order valence-corrected chi connectivity index (χ4v) is 0.683. The summed E-state index contributed by atoms with van der Waals surface area (Å²) in [7, 11) is 0. The Morgan fingerprint density at radius 1 is 1.40 bits per heavy atom. The second-order valence-corrected chi connectivity index (χ2v) is 1.78. The maximum Gasteiger partial charge on any atom is 0.369 e. The van der Waals surface area contributed by atoms with E-state index in [1.807, 2.05) is 0 Å². The summed E-state index contributed by atoms with van der Waals surface area (Å²) in [5.74, 6) is 0.361. The molecule has 10 heavy (non-hydrogen) atoms. The number of hydrogen-bond acceptors (Lipinski definition) is 3. The Bertz CT molecular complexity index is 310. The first-order chi connectivity index (χ1) is 4.86.